The Morgan fingerprint density at radius 3 is 2.54 bits per heavy atom. The van der Waals surface area contributed by atoms with Gasteiger partial charge in [-0.25, -0.2) is 8.42 Å². The second-order valence-electron chi connectivity index (χ2n) is 7.06. The van der Waals surface area contributed by atoms with Crippen molar-refractivity contribution in [3.8, 4) is 0 Å². The van der Waals surface area contributed by atoms with Crippen molar-refractivity contribution in [3.63, 3.8) is 0 Å². The summed E-state index contributed by atoms with van der Waals surface area (Å²) in [4.78, 5) is 23.8. The molecule has 2 aliphatic carbocycles. The summed E-state index contributed by atoms with van der Waals surface area (Å²) in [6, 6.07) is 0. The van der Waals surface area contributed by atoms with Crippen LogP contribution in [0, 0.1) is 23.7 Å². The number of halogens is 4. The summed E-state index contributed by atoms with van der Waals surface area (Å²) in [6.45, 7) is -0.248. The van der Waals surface area contributed by atoms with Crippen molar-refractivity contribution in [1.82, 2.24) is 0 Å². The van der Waals surface area contributed by atoms with Crippen molar-refractivity contribution >= 4 is 22.6 Å². The third kappa shape index (κ3) is 3.07. The Labute approximate surface area is 148 Å². The summed E-state index contributed by atoms with van der Waals surface area (Å²) in [5.41, 5.74) is 0. The molecule has 0 aromatic heterocycles. The highest BCUT2D eigenvalue weighted by molar-refractivity contribution is 7.73. The van der Waals surface area contributed by atoms with Gasteiger partial charge in [0.15, 0.2) is 0 Å². The van der Waals surface area contributed by atoms with E-state index < -0.39 is 52.7 Å². The minimum Gasteiger partial charge on any atom is -0.465 e. The van der Waals surface area contributed by atoms with Crippen LogP contribution in [0.2, 0.25) is 0 Å². The van der Waals surface area contributed by atoms with Crippen LogP contribution in [0.25, 0.3) is 0 Å². The minimum atomic E-state index is -5.11. The van der Waals surface area contributed by atoms with Gasteiger partial charge in [-0.2, -0.15) is 17.6 Å². The Morgan fingerprint density at radius 2 is 1.88 bits per heavy atom. The number of unbranched alkanes of at least 4 members (excludes halogenated alkanes) is 1. The molecule has 0 radical (unpaired) electrons. The van der Waals surface area contributed by atoms with Crippen molar-refractivity contribution in [2.24, 2.45) is 23.7 Å². The van der Waals surface area contributed by atoms with E-state index in [9.17, 15) is 35.6 Å². The topological polar surface area (TPSA) is 86.7 Å². The number of fused-ring (bicyclic) bond motifs is 1. The van der Waals surface area contributed by atoms with Crippen molar-refractivity contribution in [3.05, 3.63) is 0 Å². The van der Waals surface area contributed by atoms with Crippen molar-refractivity contribution < 1.29 is 45.0 Å². The quantitative estimate of drug-likeness (QED) is 0.288. The molecule has 2 saturated carbocycles. The van der Waals surface area contributed by atoms with Crippen LogP contribution in [0.5, 0.6) is 0 Å². The first-order valence-electron chi connectivity index (χ1n) is 8.33. The molecular weight excluding hydrogens is 384 g/mol. The zero-order chi connectivity index (χ0) is 19.3. The molecule has 1 aliphatic heterocycles. The molecule has 0 aromatic carbocycles. The Hall–Kier alpha value is -1.39. The standard InChI is InChI=1S/C15H18F4O6S/c16-14(17,15(18,19)26(22)23)3-1-2-4-24-13(21)10-7-5-8-9(6-7)12(20)25-11(8)10/h7-11,26H,1-6H2. The minimum absolute atomic E-state index is 0.00494. The summed E-state index contributed by atoms with van der Waals surface area (Å²) >= 11 is 0. The van der Waals surface area contributed by atoms with Crippen LogP contribution in [-0.4, -0.2) is 44.2 Å². The van der Waals surface area contributed by atoms with E-state index in [0.29, 0.717) is 6.42 Å². The van der Waals surface area contributed by atoms with Gasteiger partial charge in [-0.05, 0) is 31.6 Å². The van der Waals surface area contributed by atoms with Crippen LogP contribution in [0.15, 0.2) is 0 Å². The number of alkyl halides is 4. The number of hydrogen-bond donors (Lipinski definition) is 1. The molecule has 1 heterocycles. The highest BCUT2D eigenvalue weighted by atomic mass is 32.2. The first-order valence-corrected chi connectivity index (χ1v) is 9.51. The highest BCUT2D eigenvalue weighted by Gasteiger charge is 2.64. The first-order chi connectivity index (χ1) is 12.1. The Balaban J connectivity index is 1.42. The number of hydrogen-bond acceptors (Lipinski definition) is 6. The monoisotopic (exact) mass is 402 g/mol. The molecule has 3 rings (SSSR count). The molecule has 6 nitrogen and oxygen atoms in total. The summed E-state index contributed by atoms with van der Waals surface area (Å²) in [6.07, 6.45) is -1.08. The van der Waals surface area contributed by atoms with E-state index >= 15 is 0 Å². The predicted octanol–water partition coefficient (Wildman–Crippen LogP) is 1.74. The Bertz CT molecular complexity index is 671. The fourth-order valence-electron chi connectivity index (χ4n) is 4.28. The van der Waals surface area contributed by atoms with Crippen molar-refractivity contribution in [1.29, 1.82) is 0 Å². The number of esters is 2. The molecule has 0 amide bonds. The molecule has 0 spiro atoms. The van der Waals surface area contributed by atoms with E-state index in [1.165, 1.54) is 0 Å². The molecule has 3 fully saturated rings. The second kappa shape index (κ2) is 6.65. The molecule has 5 atom stereocenters. The van der Waals surface area contributed by atoms with Crippen LogP contribution >= 0.6 is 0 Å². The lowest BCUT2D eigenvalue weighted by Crippen LogP contribution is -2.41. The first kappa shape index (κ1) is 19.4. The number of ether oxygens (including phenoxy) is 2. The zero-order valence-corrected chi connectivity index (χ0v) is 14.4. The predicted molar refractivity (Wildman–Crippen MR) is 78.1 cm³/mol. The molecule has 26 heavy (non-hydrogen) atoms. The van der Waals surface area contributed by atoms with Gasteiger partial charge in [0.2, 0.25) is 10.7 Å². The average Bonchev–Trinajstić information content (AvgIpc) is 3.16. The lowest BCUT2D eigenvalue weighted by molar-refractivity contribution is -0.161. The Morgan fingerprint density at radius 1 is 1.19 bits per heavy atom. The SMILES string of the molecule is O=C1OC2C3CC(CC13)C2C(=O)OCCCCC(F)(F)C(F)(F)[SH](=O)=O. The molecule has 5 unspecified atom stereocenters. The van der Waals surface area contributed by atoms with Gasteiger partial charge in [-0.3, -0.25) is 9.59 Å². The second-order valence-corrected chi connectivity index (χ2v) is 8.13. The lowest BCUT2D eigenvalue weighted by Gasteiger charge is -2.24. The third-order valence-corrected chi connectivity index (χ3v) is 6.34. The van der Waals surface area contributed by atoms with E-state index in [1.807, 2.05) is 0 Å². The van der Waals surface area contributed by atoms with Crippen LogP contribution in [0.4, 0.5) is 17.6 Å². The van der Waals surface area contributed by atoms with Crippen molar-refractivity contribution in [2.75, 3.05) is 6.61 Å². The van der Waals surface area contributed by atoms with Gasteiger partial charge < -0.3 is 9.47 Å². The molecule has 11 heteroatoms. The molecular formula is C15H18F4O6S. The fourth-order valence-corrected chi connectivity index (χ4v) is 4.66. The van der Waals surface area contributed by atoms with Crippen LogP contribution in [0.3, 0.4) is 0 Å². The highest BCUT2D eigenvalue weighted by Crippen LogP contribution is 2.57. The summed E-state index contributed by atoms with van der Waals surface area (Å²) < 4.78 is 83.0. The van der Waals surface area contributed by atoms with E-state index in [2.05, 4.69) is 0 Å². The molecule has 1 saturated heterocycles. The average molecular weight is 402 g/mol. The van der Waals surface area contributed by atoms with Gasteiger partial charge in [0.1, 0.15) is 6.10 Å². The third-order valence-electron chi connectivity index (χ3n) is 5.56. The van der Waals surface area contributed by atoms with Crippen LogP contribution in [-0.2, 0) is 29.8 Å². The molecule has 0 N–H and O–H groups in total. The number of carbonyl (C=O) groups is 2. The zero-order valence-electron chi connectivity index (χ0n) is 13.5. The maximum Gasteiger partial charge on any atom is 0.404 e. The van der Waals surface area contributed by atoms with Crippen LogP contribution in [0.1, 0.15) is 32.1 Å². The van der Waals surface area contributed by atoms with Crippen molar-refractivity contribution in [2.45, 2.75) is 49.4 Å². The number of rotatable bonds is 8. The largest absolute Gasteiger partial charge is 0.465 e. The van der Waals surface area contributed by atoms with Gasteiger partial charge in [0.25, 0.3) is 0 Å². The van der Waals surface area contributed by atoms with Gasteiger partial charge in [0, 0.05) is 12.3 Å². The smallest absolute Gasteiger partial charge is 0.404 e. The van der Waals surface area contributed by atoms with Crippen LogP contribution < -0.4 is 0 Å². The summed E-state index contributed by atoms with van der Waals surface area (Å²) in [7, 11) is -4.59. The van der Waals surface area contributed by atoms with E-state index in [0.717, 1.165) is 6.42 Å². The molecule has 0 aromatic rings. The summed E-state index contributed by atoms with van der Waals surface area (Å²) in [5.74, 6) is -6.22. The number of carbonyl (C=O) groups excluding carboxylic acids is 2. The fraction of sp³-hybridized carbons (Fsp3) is 0.867. The summed E-state index contributed by atoms with van der Waals surface area (Å²) in [5, 5.41) is -5.11. The van der Waals surface area contributed by atoms with E-state index in [4.69, 9.17) is 9.47 Å². The van der Waals surface area contributed by atoms with Gasteiger partial charge in [-0.15, -0.1) is 0 Å². The Kier molecular flexibility index (Phi) is 4.95. The molecule has 148 valence electrons. The molecule has 3 aliphatic rings. The van der Waals surface area contributed by atoms with Gasteiger partial charge in [-0.1, -0.05) is 0 Å². The normalized spacial score (nSPS) is 33.0. The lowest BCUT2D eigenvalue weighted by atomic mass is 9.82. The molecule has 2 bridgehead atoms. The van der Waals surface area contributed by atoms with Gasteiger partial charge in [0.05, 0.1) is 18.4 Å². The maximum atomic E-state index is 13.2. The van der Waals surface area contributed by atoms with E-state index in [-0.39, 0.29) is 36.8 Å². The van der Waals surface area contributed by atoms with Gasteiger partial charge >= 0.3 is 23.1 Å². The maximum absolute atomic E-state index is 13.2. The van der Waals surface area contributed by atoms with E-state index in [1.54, 1.807) is 0 Å². The number of thiol groups is 1.